The first-order valence-electron chi connectivity index (χ1n) is 13.5. The highest BCUT2D eigenvalue weighted by Crippen LogP contribution is 2.29. The fourth-order valence-electron chi connectivity index (χ4n) is 4.22. The maximum atomic E-state index is 14.0. The number of nitro benzene ring substituents is 1. The number of nitrogens with one attached hydrogen (secondary N) is 1. The minimum Gasteiger partial charge on any atom is -0.497 e. The molecular formula is C30H35BrN4O7S. The molecule has 0 aliphatic heterocycles. The number of nitrogens with zero attached hydrogens (tertiary/aromatic N) is 3. The van der Waals surface area contributed by atoms with Crippen molar-refractivity contribution in [1.82, 2.24) is 10.2 Å². The van der Waals surface area contributed by atoms with Crippen LogP contribution in [0.5, 0.6) is 5.75 Å². The lowest BCUT2D eigenvalue weighted by Gasteiger charge is -2.32. The summed E-state index contributed by atoms with van der Waals surface area (Å²) in [5.41, 5.74) is 0.780. The zero-order valence-electron chi connectivity index (χ0n) is 24.6. The summed E-state index contributed by atoms with van der Waals surface area (Å²) in [7, 11) is -3.03. The molecule has 11 nitrogen and oxygen atoms in total. The summed E-state index contributed by atoms with van der Waals surface area (Å²) in [4.78, 5) is 39.0. The number of nitro groups is 1. The van der Waals surface area contributed by atoms with Gasteiger partial charge >= 0.3 is 0 Å². The molecule has 2 amide bonds. The number of carbonyl (C=O) groups excluding carboxylic acids is 2. The largest absolute Gasteiger partial charge is 0.497 e. The van der Waals surface area contributed by atoms with Crippen LogP contribution in [-0.4, -0.2) is 56.3 Å². The van der Waals surface area contributed by atoms with Gasteiger partial charge in [-0.3, -0.25) is 24.0 Å². The number of hydrogen-bond donors (Lipinski definition) is 1. The van der Waals surface area contributed by atoms with Gasteiger partial charge in [-0.2, -0.15) is 0 Å². The fourth-order valence-corrected chi connectivity index (χ4v) is 6.10. The van der Waals surface area contributed by atoms with Crippen molar-refractivity contribution in [3.63, 3.8) is 0 Å². The fraction of sp³-hybridized carbons (Fsp3) is 0.333. The van der Waals surface area contributed by atoms with E-state index >= 15 is 0 Å². The second-order valence-electron chi connectivity index (χ2n) is 10.4. The number of amides is 2. The van der Waals surface area contributed by atoms with Crippen LogP contribution in [0, 0.1) is 23.0 Å². The number of sulfonamides is 1. The molecule has 0 radical (unpaired) electrons. The minimum absolute atomic E-state index is 0.0288. The lowest BCUT2D eigenvalue weighted by atomic mass is 10.1. The highest BCUT2D eigenvalue weighted by molar-refractivity contribution is 9.10. The lowest BCUT2D eigenvalue weighted by molar-refractivity contribution is -0.385. The Hall–Kier alpha value is -3.97. The van der Waals surface area contributed by atoms with Gasteiger partial charge in [-0.25, -0.2) is 8.42 Å². The lowest BCUT2D eigenvalue weighted by Crippen LogP contribution is -2.51. The molecule has 3 rings (SSSR count). The van der Waals surface area contributed by atoms with Crippen LogP contribution in [0.3, 0.4) is 0 Å². The number of anilines is 1. The van der Waals surface area contributed by atoms with Crippen molar-refractivity contribution < 1.29 is 27.7 Å². The average Bonchev–Trinajstić information content (AvgIpc) is 2.96. The molecule has 0 aromatic heterocycles. The third-order valence-electron chi connectivity index (χ3n) is 6.70. The summed E-state index contributed by atoms with van der Waals surface area (Å²) < 4.78 is 34.9. The first-order chi connectivity index (χ1) is 20.2. The van der Waals surface area contributed by atoms with Crippen LogP contribution in [0.25, 0.3) is 0 Å². The van der Waals surface area contributed by atoms with Crippen LogP contribution < -0.4 is 14.4 Å². The van der Waals surface area contributed by atoms with E-state index in [0.717, 1.165) is 20.4 Å². The molecule has 0 spiro atoms. The number of carbonyl (C=O) groups is 2. The summed E-state index contributed by atoms with van der Waals surface area (Å²) in [5, 5.41) is 14.4. The minimum atomic E-state index is -4.49. The Morgan fingerprint density at radius 1 is 1.05 bits per heavy atom. The summed E-state index contributed by atoms with van der Waals surface area (Å²) >= 11 is 3.42. The normalized spacial score (nSPS) is 12.0. The van der Waals surface area contributed by atoms with Gasteiger partial charge in [0, 0.05) is 29.2 Å². The maximum Gasteiger partial charge on any atom is 0.273 e. The molecule has 13 heteroatoms. The van der Waals surface area contributed by atoms with E-state index in [1.807, 2.05) is 26.0 Å². The van der Waals surface area contributed by atoms with Crippen LogP contribution >= 0.6 is 15.9 Å². The Morgan fingerprint density at radius 3 is 2.30 bits per heavy atom. The van der Waals surface area contributed by atoms with Crippen molar-refractivity contribution in [2.24, 2.45) is 5.92 Å². The van der Waals surface area contributed by atoms with Crippen molar-refractivity contribution in [2.75, 3.05) is 24.5 Å². The third-order valence-corrected chi connectivity index (χ3v) is 8.96. The number of halogens is 1. The van der Waals surface area contributed by atoms with Gasteiger partial charge in [0.15, 0.2) is 0 Å². The van der Waals surface area contributed by atoms with Gasteiger partial charge in [0.05, 0.1) is 22.6 Å². The zero-order valence-corrected chi connectivity index (χ0v) is 27.0. The monoisotopic (exact) mass is 674 g/mol. The van der Waals surface area contributed by atoms with Crippen molar-refractivity contribution in [3.8, 4) is 5.75 Å². The Labute approximate surface area is 260 Å². The first-order valence-corrected chi connectivity index (χ1v) is 15.7. The third kappa shape index (κ3) is 8.54. The highest BCUT2D eigenvalue weighted by Gasteiger charge is 2.33. The molecule has 0 fully saturated rings. The van der Waals surface area contributed by atoms with E-state index in [9.17, 15) is 28.1 Å². The molecule has 1 N–H and O–H groups in total. The Balaban J connectivity index is 2.08. The van der Waals surface area contributed by atoms with Crippen LogP contribution in [0.4, 0.5) is 11.4 Å². The molecule has 0 unspecified atom stereocenters. The second kappa shape index (κ2) is 14.5. The van der Waals surface area contributed by atoms with Gasteiger partial charge in [-0.15, -0.1) is 0 Å². The molecule has 3 aromatic rings. The maximum absolute atomic E-state index is 14.0. The number of benzene rings is 3. The Bertz CT molecular complexity index is 1580. The Morgan fingerprint density at radius 2 is 1.72 bits per heavy atom. The average molecular weight is 676 g/mol. The van der Waals surface area contributed by atoms with Crippen LogP contribution in [0.15, 0.2) is 76.1 Å². The molecule has 0 aliphatic rings. The summed E-state index contributed by atoms with van der Waals surface area (Å²) in [5.74, 6) is -0.386. The number of ether oxygens (including phenoxy) is 1. The van der Waals surface area contributed by atoms with Crippen molar-refractivity contribution >= 4 is 49.1 Å². The van der Waals surface area contributed by atoms with E-state index in [1.165, 1.54) is 43.2 Å². The molecule has 0 bridgehead atoms. The standard InChI is InChI=1S/C30H35BrN4O7S/c1-20(2)17-32-30(37)22(4)33(18-23-7-6-8-24(31)15-23)29(36)19-34(25-10-12-26(42-5)13-11-25)43(40,41)27-14-9-21(3)28(16-27)35(38)39/h6-16,20,22H,17-19H2,1-5H3,(H,32,37)/t22-/m0/s1. The zero-order chi connectivity index (χ0) is 31.9. The quantitative estimate of drug-likeness (QED) is 0.197. The number of methoxy groups -OCH3 is 1. The van der Waals surface area contributed by atoms with E-state index in [2.05, 4.69) is 21.2 Å². The smallest absolute Gasteiger partial charge is 0.273 e. The predicted molar refractivity (Wildman–Crippen MR) is 167 cm³/mol. The van der Waals surface area contributed by atoms with E-state index in [0.29, 0.717) is 12.3 Å². The van der Waals surface area contributed by atoms with E-state index in [-0.39, 0.29) is 40.2 Å². The molecule has 43 heavy (non-hydrogen) atoms. The topological polar surface area (TPSA) is 139 Å². The summed E-state index contributed by atoms with van der Waals surface area (Å²) in [6, 6.07) is 15.9. The van der Waals surface area contributed by atoms with Crippen molar-refractivity contribution in [2.45, 2.75) is 45.2 Å². The molecular weight excluding hydrogens is 640 g/mol. The molecule has 0 saturated carbocycles. The second-order valence-corrected chi connectivity index (χ2v) is 13.2. The summed E-state index contributed by atoms with van der Waals surface area (Å²) in [6.07, 6.45) is 0. The van der Waals surface area contributed by atoms with Crippen LogP contribution in [0.1, 0.15) is 31.9 Å². The first kappa shape index (κ1) is 33.5. The van der Waals surface area contributed by atoms with Gasteiger partial charge in [0.1, 0.15) is 18.3 Å². The van der Waals surface area contributed by atoms with E-state index in [1.54, 1.807) is 31.2 Å². The number of aryl methyl sites for hydroxylation is 1. The van der Waals surface area contributed by atoms with Gasteiger partial charge in [0.2, 0.25) is 11.8 Å². The van der Waals surface area contributed by atoms with Crippen molar-refractivity contribution in [1.29, 1.82) is 0 Å². The van der Waals surface area contributed by atoms with Gasteiger partial charge in [-0.1, -0.05) is 48.0 Å². The predicted octanol–water partition coefficient (Wildman–Crippen LogP) is 5.06. The molecule has 3 aromatic carbocycles. The molecule has 230 valence electrons. The van der Waals surface area contributed by atoms with E-state index < -0.39 is 33.4 Å². The molecule has 1 atom stereocenters. The van der Waals surface area contributed by atoms with Gasteiger partial charge < -0.3 is 15.0 Å². The van der Waals surface area contributed by atoms with Crippen molar-refractivity contribution in [3.05, 3.63) is 92.4 Å². The van der Waals surface area contributed by atoms with Crippen LogP contribution in [0.2, 0.25) is 0 Å². The van der Waals surface area contributed by atoms with Gasteiger partial charge in [-0.05, 0) is 67.8 Å². The molecule has 0 saturated heterocycles. The molecule has 0 heterocycles. The SMILES string of the molecule is COc1ccc(N(CC(=O)N(Cc2cccc(Br)c2)[C@@H](C)C(=O)NCC(C)C)S(=O)(=O)c2ccc(C)c([N+](=O)[O-])c2)cc1. The molecule has 0 aliphatic carbocycles. The van der Waals surface area contributed by atoms with Crippen LogP contribution in [-0.2, 0) is 26.2 Å². The highest BCUT2D eigenvalue weighted by atomic mass is 79.9. The summed E-state index contributed by atoms with van der Waals surface area (Å²) in [6.45, 7) is 6.74. The Kier molecular flexibility index (Phi) is 11.3. The van der Waals surface area contributed by atoms with E-state index in [4.69, 9.17) is 4.74 Å². The number of hydrogen-bond acceptors (Lipinski definition) is 7. The van der Waals surface area contributed by atoms with Gasteiger partial charge in [0.25, 0.3) is 15.7 Å². The number of rotatable bonds is 13.